The van der Waals surface area contributed by atoms with Gasteiger partial charge in [0.25, 0.3) is 11.7 Å². The van der Waals surface area contributed by atoms with Crippen LogP contribution in [0, 0.1) is 0 Å². The number of ether oxygens (including phenoxy) is 3. The number of amides is 1. The second-order valence-electron chi connectivity index (χ2n) is 7.79. The Labute approximate surface area is 187 Å². The molecule has 1 unspecified atom stereocenters. The van der Waals surface area contributed by atoms with Crippen LogP contribution >= 0.6 is 0 Å². The van der Waals surface area contributed by atoms with E-state index >= 15 is 0 Å². The van der Waals surface area contributed by atoms with Crippen molar-refractivity contribution >= 4 is 17.4 Å². The van der Waals surface area contributed by atoms with Gasteiger partial charge >= 0.3 is 0 Å². The summed E-state index contributed by atoms with van der Waals surface area (Å²) in [6.07, 6.45) is 1.46. The minimum atomic E-state index is -0.695. The molecule has 1 amide bonds. The number of hydrogen-bond acceptors (Lipinski definition) is 6. The fraction of sp³-hybridized carbons (Fsp3) is 0.360. The molecule has 1 saturated heterocycles. The monoisotopic (exact) mass is 437 g/mol. The molecule has 2 aromatic carbocycles. The third-order valence-electron chi connectivity index (χ3n) is 5.81. The lowest BCUT2D eigenvalue weighted by Crippen LogP contribution is -2.31. The number of likely N-dealkylation sites (tertiary alicyclic amines) is 1. The normalized spacial score (nSPS) is 19.4. The highest BCUT2D eigenvalue weighted by Crippen LogP contribution is 2.41. The van der Waals surface area contributed by atoms with Crippen LogP contribution in [0.2, 0.25) is 0 Å². The zero-order valence-corrected chi connectivity index (χ0v) is 18.3. The summed E-state index contributed by atoms with van der Waals surface area (Å²) in [6.45, 7) is 3.74. The lowest BCUT2D eigenvalue weighted by molar-refractivity contribution is -0.140. The topological polar surface area (TPSA) is 85.3 Å². The van der Waals surface area contributed by atoms with Gasteiger partial charge in [0.2, 0.25) is 0 Å². The molecule has 0 aliphatic carbocycles. The average Bonchev–Trinajstić information content (AvgIpc) is 3.08. The molecule has 0 spiro atoms. The molecule has 1 atom stereocenters. The van der Waals surface area contributed by atoms with Crippen molar-refractivity contribution in [3.05, 3.63) is 64.7 Å². The van der Waals surface area contributed by atoms with E-state index < -0.39 is 17.7 Å². The van der Waals surface area contributed by atoms with Crippen LogP contribution in [0.5, 0.6) is 11.5 Å². The number of Topliss-reactive ketones (excluding diaryl/α,β-unsaturated/α-hetero) is 1. The Balaban J connectivity index is 1.79. The Bertz CT molecular complexity index is 1040. The van der Waals surface area contributed by atoms with Gasteiger partial charge in [0, 0.05) is 25.8 Å². The van der Waals surface area contributed by atoms with Gasteiger partial charge in [0.15, 0.2) is 11.5 Å². The van der Waals surface area contributed by atoms with Crippen LogP contribution in [0.1, 0.15) is 36.1 Å². The number of hydrogen-bond donors (Lipinski definition) is 1. The summed E-state index contributed by atoms with van der Waals surface area (Å²) in [6, 6.07) is 12.1. The van der Waals surface area contributed by atoms with Crippen molar-refractivity contribution < 1.29 is 28.9 Å². The van der Waals surface area contributed by atoms with Gasteiger partial charge in [-0.25, -0.2) is 0 Å². The molecule has 2 heterocycles. The molecule has 7 nitrogen and oxygen atoms in total. The molecule has 4 rings (SSSR count). The van der Waals surface area contributed by atoms with Crippen molar-refractivity contribution in [2.45, 2.75) is 25.8 Å². The number of ketones is 1. The van der Waals surface area contributed by atoms with Crippen molar-refractivity contribution in [3.8, 4) is 11.5 Å². The van der Waals surface area contributed by atoms with Gasteiger partial charge in [-0.15, -0.1) is 0 Å². The van der Waals surface area contributed by atoms with Crippen LogP contribution < -0.4 is 9.47 Å². The first-order chi connectivity index (χ1) is 15.5. The number of aliphatic hydroxyl groups is 1. The maximum Gasteiger partial charge on any atom is 0.295 e. The lowest BCUT2D eigenvalue weighted by atomic mass is 9.94. The number of methoxy groups -OCH3 is 1. The first-order valence-electron chi connectivity index (χ1n) is 10.8. The van der Waals surface area contributed by atoms with E-state index in [0.29, 0.717) is 49.8 Å². The SMILES string of the molecule is CCc1ccc(C2C(=C(O)c3ccc4c(c3)OCCO4)C(=O)C(=O)N2CCCOC)cc1. The van der Waals surface area contributed by atoms with Crippen molar-refractivity contribution in [2.24, 2.45) is 0 Å². The van der Waals surface area contributed by atoms with Crippen LogP contribution in [-0.2, 0) is 20.7 Å². The zero-order valence-electron chi connectivity index (χ0n) is 18.3. The molecular formula is C25H27NO6. The number of nitrogens with zero attached hydrogens (tertiary/aromatic N) is 1. The van der Waals surface area contributed by atoms with Gasteiger partial charge in [0.1, 0.15) is 19.0 Å². The van der Waals surface area contributed by atoms with Gasteiger partial charge in [-0.05, 0) is 42.2 Å². The summed E-state index contributed by atoms with van der Waals surface area (Å²) in [4.78, 5) is 27.5. The molecule has 0 radical (unpaired) electrons. The van der Waals surface area contributed by atoms with Crippen LogP contribution in [0.15, 0.2) is 48.0 Å². The first-order valence-corrected chi connectivity index (χ1v) is 10.8. The van der Waals surface area contributed by atoms with E-state index in [-0.39, 0.29) is 11.3 Å². The van der Waals surface area contributed by atoms with Crippen LogP contribution in [-0.4, -0.2) is 55.2 Å². The molecule has 7 heteroatoms. The molecule has 0 aromatic heterocycles. The third kappa shape index (κ3) is 4.08. The molecule has 0 bridgehead atoms. The highest BCUT2D eigenvalue weighted by Gasteiger charge is 2.45. The number of aliphatic hydroxyl groups excluding tert-OH is 1. The Kier molecular flexibility index (Phi) is 6.46. The second kappa shape index (κ2) is 9.44. The van der Waals surface area contributed by atoms with Gasteiger partial charge in [0.05, 0.1) is 11.6 Å². The minimum absolute atomic E-state index is 0.0772. The molecule has 1 fully saturated rings. The highest BCUT2D eigenvalue weighted by atomic mass is 16.6. The number of carbonyl (C=O) groups is 2. The highest BCUT2D eigenvalue weighted by molar-refractivity contribution is 6.46. The van der Waals surface area contributed by atoms with E-state index in [2.05, 4.69) is 6.92 Å². The summed E-state index contributed by atoms with van der Waals surface area (Å²) >= 11 is 0. The maximum atomic E-state index is 13.1. The van der Waals surface area contributed by atoms with E-state index in [1.54, 1.807) is 25.3 Å². The van der Waals surface area contributed by atoms with Crippen LogP contribution in [0.25, 0.3) is 5.76 Å². The maximum absolute atomic E-state index is 13.1. The van der Waals surface area contributed by atoms with E-state index in [1.807, 2.05) is 24.3 Å². The smallest absolute Gasteiger partial charge is 0.295 e. The van der Waals surface area contributed by atoms with E-state index in [4.69, 9.17) is 14.2 Å². The summed E-state index contributed by atoms with van der Waals surface area (Å²) in [5.74, 6) is -0.457. The second-order valence-corrected chi connectivity index (χ2v) is 7.79. The summed E-state index contributed by atoms with van der Waals surface area (Å²) < 4.78 is 16.3. The summed E-state index contributed by atoms with van der Waals surface area (Å²) in [7, 11) is 1.59. The Morgan fingerprint density at radius 3 is 2.50 bits per heavy atom. The zero-order chi connectivity index (χ0) is 22.7. The average molecular weight is 437 g/mol. The Hall–Kier alpha value is -3.32. The van der Waals surface area contributed by atoms with Crippen LogP contribution in [0.4, 0.5) is 0 Å². The summed E-state index contributed by atoms with van der Waals surface area (Å²) in [5.41, 5.74) is 2.41. The number of aryl methyl sites for hydroxylation is 1. The largest absolute Gasteiger partial charge is 0.507 e. The molecule has 0 saturated carbocycles. The molecule has 32 heavy (non-hydrogen) atoms. The molecule has 168 valence electrons. The van der Waals surface area contributed by atoms with Crippen molar-refractivity contribution in [1.82, 2.24) is 4.90 Å². The predicted molar refractivity (Wildman–Crippen MR) is 119 cm³/mol. The molecule has 2 aromatic rings. The van der Waals surface area contributed by atoms with Gasteiger partial charge in [-0.3, -0.25) is 9.59 Å². The number of rotatable bonds is 7. The predicted octanol–water partition coefficient (Wildman–Crippen LogP) is 3.48. The quantitative estimate of drug-likeness (QED) is 0.309. The minimum Gasteiger partial charge on any atom is -0.507 e. The number of carbonyl (C=O) groups excluding carboxylic acids is 2. The van der Waals surface area contributed by atoms with Gasteiger partial charge < -0.3 is 24.2 Å². The molecule has 2 aliphatic heterocycles. The number of benzene rings is 2. The van der Waals surface area contributed by atoms with E-state index in [0.717, 1.165) is 17.5 Å². The van der Waals surface area contributed by atoms with Crippen molar-refractivity contribution in [2.75, 3.05) is 33.5 Å². The van der Waals surface area contributed by atoms with Gasteiger partial charge in [-0.2, -0.15) is 0 Å². The van der Waals surface area contributed by atoms with Crippen molar-refractivity contribution in [3.63, 3.8) is 0 Å². The Morgan fingerprint density at radius 1 is 1.09 bits per heavy atom. The van der Waals surface area contributed by atoms with Crippen molar-refractivity contribution in [1.29, 1.82) is 0 Å². The van der Waals surface area contributed by atoms with Gasteiger partial charge in [-0.1, -0.05) is 31.2 Å². The lowest BCUT2D eigenvalue weighted by Gasteiger charge is -2.25. The Morgan fingerprint density at radius 2 is 1.81 bits per heavy atom. The molecule has 2 aliphatic rings. The first kappa shape index (κ1) is 21.9. The fourth-order valence-corrected chi connectivity index (χ4v) is 4.12. The number of fused-ring (bicyclic) bond motifs is 1. The fourth-order valence-electron chi connectivity index (χ4n) is 4.12. The summed E-state index contributed by atoms with van der Waals surface area (Å²) in [5, 5.41) is 11.2. The standard InChI is InChI=1S/C25H27NO6/c1-3-16-5-7-17(8-6-16)22-21(24(28)25(29)26(22)11-4-12-30-2)23(27)18-9-10-19-20(15-18)32-14-13-31-19/h5-10,15,22,27H,3-4,11-14H2,1-2H3. The molecule has 1 N–H and O–H groups in total. The van der Waals surface area contributed by atoms with Crippen LogP contribution in [0.3, 0.4) is 0 Å². The van der Waals surface area contributed by atoms with E-state index in [9.17, 15) is 14.7 Å². The van der Waals surface area contributed by atoms with E-state index in [1.165, 1.54) is 4.90 Å². The third-order valence-corrected chi connectivity index (χ3v) is 5.81. The molecular weight excluding hydrogens is 410 g/mol.